The first-order valence-electron chi connectivity index (χ1n) is 11.4. The fourth-order valence-electron chi connectivity index (χ4n) is 4.57. The molecule has 4 aliphatic rings. The monoisotopic (exact) mass is 469 g/mol. The summed E-state index contributed by atoms with van der Waals surface area (Å²) in [7, 11) is 0. The number of anilines is 1. The van der Waals surface area contributed by atoms with Crippen LogP contribution in [0, 0.1) is 22.7 Å². The molecule has 174 valence electrons. The molecule has 2 heterocycles. The first kappa shape index (κ1) is 21.9. The van der Waals surface area contributed by atoms with Gasteiger partial charge < -0.3 is 25.0 Å². The highest BCUT2D eigenvalue weighted by Crippen LogP contribution is 2.58. The van der Waals surface area contributed by atoms with Crippen LogP contribution in [-0.4, -0.2) is 48.8 Å². The molecule has 1 saturated heterocycles. The van der Waals surface area contributed by atoms with Crippen LogP contribution in [-0.2, 0) is 9.47 Å². The number of nitriles is 1. The lowest BCUT2D eigenvalue weighted by atomic mass is 9.96. The third-order valence-corrected chi connectivity index (χ3v) is 7.62. The van der Waals surface area contributed by atoms with E-state index in [0.29, 0.717) is 41.2 Å². The van der Waals surface area contributed by atoms with Crippen molar-refractivity contribution in [3.05, 3.63) is 40.2 Å². The van der Waals surface area contributed by atoms with Crippen LogP contribution in [0.4, 0.5) is 10.5 Å². The maximum absolute atomic E-state index is 12.4. The highest BCUT2D eigenvalue weighted by Gasteiger charge is 2.58. The lowest BCUT2D eigenvalue weighted by molar-refractivity contribution is 0.0390. The molecule has 3 fully saturated rings. The van der Waals surface area contributed by atoms with Crippen molar-refractivity contribution in [3.8, 4) is 6.07 Å². The number of amides is 1. The molecule has 1 amide bonds. The van der Waals surface area contributed by atoms with Crippen LogP contribution in [0.3, 0.4) is 0 Å². The number of rotatable bonds is 6. The fraction of sp³-hybridized carbons (Fsp3) is 0.542. The summed E-state index contributed by atoms with van der Waals surface area (Å²) in [5.74, 6) is 1.14. The smallest absolute Gasteiger partial charge is 0.410 e. The van der Waals surface area contributed by atoms with Gasteiger partial charge in [-0.15, -0.1) is 0 Å². The number of hydrogen-bond donors (Lipinski definition) is 2. The molecule has 33 heavy (non-hydrogen) atoms. The summed E-state index contributed by atoms with van der Waals surface area (Å²) in [4.78, 5) is 18.7. The van der Waals surface area contributed by atoms with E-state index in [1.165, 1.54) is 0 Å². The van der Waals surface area contributed by atoms with Crippen molar-refractivity contribution in [2.75, 3.05) is 25.0 Å². The second-order valence-electron chi connectivity index (χ2n) is 9.85. The maximum atomic E-state index is 12.4. The third-order valence-electron chi connectivity index (χ3n) is 7.31. The lowest BCUT2D eigenvalue weighted by Gasteiger charge is -2.32. The number of halogens is 1. The Balaban J connectivity index is 1.17. The van der Waals surface area contributed by atoms with Crippen LogP contribution < -0.4 is 10.6 Å². The van der Waals surface area contributed by atoms with Crippen LogP contribution >= 0.6 is 11.6 Å². The predicted molar refractivity (Wildman–Crippen MR) is 125 cm³/mol. The minimum Gasteiger partial charge on any atom is -0.478 e. The zero-order chi connectivity index (χ0) is 23.2. The van der Waals surface area contributed by atoms with Gasteiger partial charge in [0.15, 0.2) is 5.88 Å². The quantitative estimate of drug-likeness (QED) is 0.646. The number of nitrogens with one attached hydrogen (secondary N) is 2. The second-order valence-corrected chi connectivity index (χ2v) is 10.3. The predicted octanol–water partition coefficient (Wildman–Crippen LogP) is 4.23. The van der Waals surface area contributed by atoms with E-state index in [4.69, 9.17) is 26.3 Å². The maximum Gasteiger partial charge on any atom is 0.410 e. The van der Waals surface area contributed by atoms with Crippen LogP contribution in [0.2, 0.25) is 5.02 Å². The standard InChI is InChI=1S/C24H28ClN5O3/c1-15-20(29-19-4-3-16(11-26)9-18(19)25)27-14-28-21(15)32-13-24-7-8-30(12-17(24)10-24)22(31)33-23(2)5-6-23/h3-4,9,14,17,20,29H,5-8,10,12-13H2,1-2H3,(H,27,28). The molecule has 5 rings (SSSR count). The molecule has 9 heteroatoms. The van der Waals surface area contributed by atoms with Gasteiger partial charge in [0.1, 0.15) is 11.8 Å². The summed E-state index contributed by atoms with van der Waals surface area (Å²) in [6.45, 7) is 6.02. The van der Waals surface area contributed by atoms with Gasteiger partial charge in [-0.1, -0.05) is 11.6 Å². The molecule has 2 saturated carbocycles. The van der Waals surface area contributed by atoms with Crippen molar-refractivity contribution in [1.29, 1.82) is 5.26 Å². The Hall–Kier alpha value is -2.92. The molecule has 2 N–H and O–H groups in total. The molecule has 2 aliphatic carbocycles. The average molecular weight is 470 g/mol. The molecule has 0 spiro atoms. The van der Waals surface area contributed by atoms with E-state index < -0.39 is 0 Å². The van der Waals surface area contributed by atoms with E-state index in [1.807, 2.05) is 18.7 Å². The van der Waals surface area contributed by atoms with Gasteiger partial charge in [0, 0.05) is 24.1 Å². The largest absolute Gasteiger partial charge is 0.478 e. The summed E-state index contributed by atoms with van der Waals surface area (Å²) in [6.07, 6.45) is 5.05. The van der Waals surface area contributed by atoms with Crippen molar-refractivity contribution in [3.63, 3.8) is 0 Å². The Kier molecular flexibility index (Phi) is 5.40. The third kappa shape index (κ3) is 4.47. The summed E-state index contributed by atoms with van der Waals surface area (Å²) in [6, 6.07) is 7.21. The van der Waals surface area contributed by atoms with Gasteiger partial charge in [0.25, 0.3) is 0 Å². The molecule has 3 atom stereocenters. The van der Waals surface area contributed by atoms with Gasteiger partial charge >= 0.3 is 6.09 Å². The van der Waals surface area contributed by atoms with E-state index in [-0.39, 0.29) is 23.3 Å². The highest BCUT2D eigenvalue weighted by atomic mass is 35.5. The first-order chi connectivity index (χ1) is 15.8. The molecule has 1 aromatic rings. The Morgan fingerprint density at radius 1 is 1.42 bits per heavy atom. The van der Waals surface area contributed by atoms with E-state index in [9.17, 15) is 4.79 Å². The number of ether oxygens (including phenoxy) is 2. The number of aliphatic imine (C=N–C) groups is 1. The van der Waals surface area contributed by atoms with Gasteiger partial charge in [-0.2, -0.15) is 5.26 Å². The molecule has 8 nitrogen and oxygen atoms in total. The van der Waals surface area contributed by atoms with E-state index in [2.05, 4.69) is 21.7 Å². The van der Waals surface area contributed by atoms with Crippen molar-refractivity contribution < 1.29 is 14.3 Å². The Bertz CT molecular complexity index is 1080. The molecule has 1 aromatic carbocycles. The van der Waals surface area contributed by atoms with Crippen LogP contribution in [0.25, 0.3) is 0 Å². The number of likely N-dealkylation sites (tertiary alicyclic amines) is 1. The highest BCUT2D eigenvalue weighted by molar-refractivity contribution is 6.33. The topological polar surface area (TPSA) is 99.0 Å². The zero-order valence-corrected chi connectivity index (χ0v) is 19.6. The van der Waals surface area contributed by atoms with Crippen molar-refractivity contribution >= 4 is 29.7 Å². The molecule has 0 aromatic heterocycles. The molecular weight excluding hydrogens is 442 g/mol. The number of benzene rings is 1. The van der Waals surface area contributed by atoms with Gasteiger partial charge in [-0.3, -0.25) is 0 Å². The van der Waals surface area contributed by atoms with Gasteiger partial charge in [-0.05, 0) is 63.6 Å². The summed E-state index contributed by atoms with van der Waals surface area (Å²) >= 11 is 6.31. The van der Waals surface area contributed by atoms with E-state index >= 15 is 0 Å². The minimum absolute atomic E-state index is 0.128. The molecular formula is C24H28ClN5O3. The summed E-state index contributed by atoms with van der Waals surface area (Å²) in [5, 5.41) is 15.9. The van der Waals surface area contributed by atoms with Crippen molar-refractivity contribution in [2.45, 2.75) is 51.3 Å². The van der Waals surface area contributed by atoms with Crippen molar-refractivity contribution in [1.82, 2.24) is 10.2 Å². The lowest BCUT2D eigenvalue weighted by Crippen LogP contribution is -2.42. The number of piperidine rings is 1. The van der Waals surface area contributed by atoms with Gasteiger partial charge in [0.05, 0.1) is 35.3 Å². The SMILES string of the molecule is CC1=C(OCC23CCN(C(=O)OC4(C)CC4)CC2C3)NC=NC1Nc1ccc(C#N)cc1Cl. The molecule has 0 bridgehead atoms. The Labute approximate surface area is 198 Å². The normalized spacial score (nSPS) is 28.8. The summed E-state index contributed by atoms with van der Waals surface area (Å²) in [5.41, 5.74) is 2.03. The number of fused-ring (bicyclic) bond motifs is 1. The van der Waals surface area contributed by atoms with Crippen LogP contribution in [0.1, 0.15) is 45.1 Å². The molecule has 2 aliphatic heterocycles. The molecule has 0 radical (unpaired) electrons. The van der Waals surface area contributed by atoms with Crippen molar-refractivity contribution in [2.24, 2.45) is 16.3 Å². The minimum atomic E-state index is -0.320. The van der Waals surface area contributed by atoms with Gasteiger partial charge in [-0.25, -0.2) is 9.79 Å². The summed E-state index contributed by atoms with van der Waals surface area (Å²) < 4.78 is 11.9. The Morgan fingerprint density at radius 2 is 2.24 bits per heavy atom. The zero-order valence-electron chi connectivity index (χ0n) is 18.9. The van der Waals surface area contributed by atoms with Gasteiger partial charge in [0.2, 0.25) is 0 Å². The number of carbonyl (C=O) groups is 1. The second kappa shape index (κ2) is 8.14. The van der Waals surface area contributed by atoms with Crippen LogP contribution in [0.5, 0.6) is 0 Å². The number of nitrogens with zero attached hydrogens (tertiary/aromatic N) is 3. The van der Waals surface area contributed by atoms with E-state index in [1.54, 1.807) is 24.5 Å². The number of carbonyl (C=O) groups excluding carboxylic acids is 1. The fourth-order valence-corrected chi connectivity index (χ4v) is 4.80. The van der Waals surface area contributed by atoms with E-state index in [0.717, 1.165) is 37.8 Å². The molecule has 3 unspecified atom stereocenters. The number of hydrogen-bond acceptors (Lipinski definition) is 7. The van der Waals surface area contributed by atoms with Crippen LogP contribution in [0.15, 0.2) is 34.6 Å². The average Bonchev–Trinajstić information content (AvgIpc) is 3.71. The Morgan fingerprint density at radius 3 is 2.94 bits per heavy atom. The first-order valence-corrected chi connectivity index (χ1v) is 11.7.